The highest BCUT2D eigenvalue weighted by atomic mass is 35.5. The molecule has 1 aliphatic carbocycles. The molecule has 3 heterocycles. The lowest BCUT2D eigenvalue weighted by molar-refractivity contribution is 0.505. The van der Waals surface area contributed by atoms with Crippen LogP contribution in [-0.4, -0.2) is 27.7 Å². The van der Waals surface area contributed by atoms with Crippen LogP contribution < -0.4 is 4.90 Å². The summed E-state index contributed by atoms with van der Waals surface area (Å²) in [6.45, 7) is 2.05. The highest BCUT2D eigenvalue weighted by Crippen LogP contribution is 2.36. The summed E-state index contributed by atoms with van der Waals surface area (Å²) in [5.41, 5.74) is 3.34. The summed E-state index contributed by atoms with van der Waals surface area (Å²) in [7, 11) is 0. The maximum atomic E-state index is 6.73. The normalized spacial score (nSPS) is 18.6. The van der Waals surface area contributed by atoms with E-state index >= 15 is 0 Å². The van der Waals surface area contributed by atoms with Gasteiger partial charge in [0, 0.05) is 25.7 Å². The molecular formula is C21H23ClN4. The van der Waals surface area contributed by atoms with Crippen LogP contribution in [-0.2, 0) is 6.42 Å². The maximum absolute atomic E-state index is 6.73. The second-order valence-electron chi connectivity index (χ2n) is 7.64. The number of halogens is 1. The lowest BCUT2D eigenvalue weighted by atomic mass is 9.89. The van der Waals surface area contributed by atoms with Crippen LogP contribution in [0.5, 0.6) is 0 Å². The molecule has 1 aliphatic heterocycles. The van der Waals surface area contributed by atoms with E-state index in [1.54, 1.807) is 0 Å². The Balaban J connectivity index is 1.35. The topological polar surface area (TPSA) is 33.4 Å². The van der Waals surface area contributed by atoms with Gasteiger partial charge >= 0.3 is 0 Å². The average Bonchev–Trinajstić information content (AvgIpc) is 3.42. The molecule has 0 radical (unpaired) electrons. The number of pyridine rings is 1. The van der Waals surface area contributed by atoms with Crippen molar-refractivity contribution in [3.05, 3.63) is 59.0 Å². The third kappa shape index (κ3) is 2.96. The molecule has 0 unspecified atom stereocenters. The number of hydrogen-bond acceptors (Lipinski definition) is 3. The summed E-state index contributed by atoms with van der Waals surface area (Å²) < 4.78 is 2.07. The van der Waals surface area contributed by atoms with Crippen LogP contribution >= 0.6 is 11.6 Å². The van der Waals surface area contributed by atoms with Crippen LogP contribution in [0.1, 0.15) is 43.0 Å². The average molecular weight is 367 g/mol. The van der Waals surface area contributed by atoms with E-state index in [0.29, 0.717) is 5.92 Å². The van der Waals surface area contributed by atoms with E-state index < -0.39 is 0 Å². The molecule has 3 aromatic rings. The van der Waals surface area contributed by atoms with Crippen LogP contribution in [0, 0.1) is 5.92 Å². The summed E-state index contributed by atoms with van der Waals surface area (Å²) in [4.78, 5) is 2.40. The van der Waals surface area contributed by atoms with Crippen molar-refractivity contribution < 1.29 is 0 Å². The van der Waals surface area contributed by atoms with E-state index in [1.807, 2.05) is 0 Å². The summed E-state index contributed by atoms with van der Waals surface area (Å²) in [6.07, 6.45) is 8.06. The fourth-order valence-electron chi connectivity index (χ4n) is 4.11. The zero-order chi connectivity index (χ0) is 17.5. The summed E-state index contributed by atoms with van der Waals surface area (Å²) >= 11 is 6.73. The Kier molecular flexibility index (Phi) is 4.08. The molecule has 5 rings (SSSR count). The minimum atomic E-state index is 0.646. The molecule has 1 saturated heterocycles. The summed E-state index contributed by atoms with van der Waals surface area (Å²) in [6, 6.07) is 13.0. The van der Waals surface area contributed by atoms with Crippen molar-refractivity contribution in [1.82, 2.24) is 14.6 Å². The van der Waals surface area contributed by atoms with Gasteiger partial charge in [-0.1, -0.05) is 41.9 Å². The van der Waals surface area contributed by atoms with Gasteiger partial charge in [0.05, 0.1) is 5.69 Å². The van der Waals surface area contributed by atoms with Crippen molar-refractivity contribution in [2.24, 2.45) is 5.92 Å². The molecule has 2 aliphatic rings. The van der Waals surface area contributed by atoms with E-state index in [9.17, 15) is 0 Å². The Hall–Kier alpha value is -2.07. The third-order valence-corrected chi connectivity index (χ3v) is 6.21. The molecule has 2 aromatic heterocycles. The largest absolute Gasteiger partial charge is 0.370 e. The molecule has 0 amide bonds. The second kappa shape index (κ2) is 6.58. The Morgan fingerprint density at radius 1 is 0.962 bits per heavy atom. The Morgan fingerprint density at radius 2 is 1.73 bits per heavy atom. The monoisotopic (exact) mass is 366 g/mol. The maximum Gasteiger partial charge on any atom is 0.181 e. The summed E-state index contributed by atoms with van der Waals surface area (Å²) in [5, 5.41) is 9.49. The van der Waals surface area contributed by atoms with Crippen LogP contribution in [0.25, 0.3) is 5.65 Å². The van der Waals surface area contributed by atoms with Gasteiger partial charge in [-0.3, -0.25) is 4.40 Å². The molecule has 2 fully saturated rings. The van der Waals surface area contributed by atoms with Crippen LogP contribution in [0.4, 0.5) is 5.69 Å². The first kappa shape index (κ1) is 16.1. The highest BCUT2D eigenvalue weighted by Gasteiger charge is 2.26. The first-order chi connectivity index (χ1) is 12.8. The molecule has 0 bridgehead atoms. The predicted molar refractivity (Wildman–Crippen MR) is 105 cm³/mol. The number of anilines is 1. The zero-order valence-electron chi connectivity index (χ0n) is 14.8. The predicted octanol–water partition coefficient (Wildman–Crippen LogP) is 4.72. The van der Waals surface area contributed by atoms with E-state index in [1.165, 1.54) is 18.4 Å². The lowest BCUT2D eigenvalue weighted by Crippen LogP contribution is -2.33. The van der Waals surface area contributed by atoms with Crippen molar-refractivity contribution in [3.8, 4) is 0 Å². The summed E-state index contributed by atoms with van der Waals surface area (Å²) in [5.74, 6) is 2.48. The zero-order valence-corrected chi connectivity index (χ0v) is 15.6. The van der Waals surface area contributed by atoms with Gasteiger partial charge in [-0.2, -0.15) is 0 Å². The fourth-order valence-corrected chi connectivity index (χ4v) is 4.42. The lowest BCUT2D eigenvalue weighted by Gasteiger charge is -2.34. The van der Waals surface area contributed by atoms with Crippen molar-refractivity contribution in [2.45, 2.75) is 38.0 Å². The van der Waals surface area contributed by atoms with Gasteiger partial charge in [-0.25, -0.2) is 0 Å². The van der Waals surface area contributed by atoms with E-state index in [2.05, 4.69) is 62.1 Å². The van der Waals surface area contributed by atoms with E-state index in [0.717, 1.165) is 60.5 Å². The SMILES string of the molecule is Clc1c(N2CCC(c3ccccc3)CC2)ccn2c(CC3CC3)nnc12. The molecule has 5 heteroatoms. The first-order valence-electron chi connectivity index (χ1n) is 9.61. The van der Waals surface area contributed by atoms with Crippen LogP contribution in [0.2, 0.25) is 5.02 Å². The van der Waals surface area contributed by atoms with Gasteiger partial charge < -0.3 is 4.90 Å². The van der Waals surface area contributed by atoms with E-state index in [-0.39, 0.29) is 0 Å². The molecule has 134 valence electrons. The first-order valence-corrected chi connectivity index (χ1v) is 9.99. The molecule has 0 N–H and O–H groups in total. The van der Waals surface area contributed by atoms with Crippen LogP contribution in [0.15, 0.2) is 42.6 Å². The fraction of sp³-hybridized carbons (Fsp3) is 0.429. The number of nitrogens with zero attached hydrogens (tertiary/aromatic N) is 4. The van der Waals surface area contributed by atoms with Crippen molar-refractivity contribution in [2.75, 3.05) is 18.0 Å². The number of fused-ring (bicyclic) bond motifs is 1. The molecule has 0 atom stereocenters. The molecule has 0 spiro atoms. The van der Waals surface area contributed by atoms with Crippen molar-refractivity contribution in [3.63, 3.8) is 0 Å². The molecular weight excluding hydrogens is 344 g/mol. The van der Waals surface area contributed by atoms with E-state index in [4.69, 9.17) is 11.6 Å². The Bertz CT molecular complexity index is 908. The molecule has 26 heavy (non-hydrogen) atoms. The Morgan fingerprint density at radius 3 is 2.46 bits per heavy atom. The third-order valence-electron chi connectivity index (χ3n) is 5.84. The molecule has 1 saturated carbocycles. The van der Waals surface area contributed by atoms with Gasteiger partial charge in [0.1, 0.15) is 10.8 Å². The number of piperidine rings is 1. The minimum absolute atomic E-state index is 0.646. The smallest absolute Gasteiger partial charge is 0.181 e. The number of benzene rings is 1. The number of hydrogen-bond donors (Lipinski definition) is 0. The van der Waals surface area contributed by atoms with Gasteiger partial charge in [0.15, 0.2) is 5.65 Å². The number of aromatic nitrogens is 3. The van der Waals surface area contributed by atoms with Gasteiger partial charge in [-0.05, 0) is 49.1 Å². The minimum Gasteiger partial charge on any atom is -0.370 e. The van der Waals surface area contributed by atoms with Crippen LogP contribution in [0.3, 0.4) is 0 Å². The molecule has 4 nitrogen and oxygen atoms in total. The standard InChI is InChI=1S/C21H23ClN4/c22-20-18(10-13-26-19(14-15-6-7-15)23-24-21(20)26)25-11-8-17(9-12-25)16-4-2-1-3-5-16/h1-5,10,13,15,17H,6-9,11-12,14H2. The van der Waals surface area contributed by atoms with Crippen molar-refractivity contribution in [1.29, 1.82) is 0 Å². The second-order valence-corrected chi connectivity index (χ2v) is 8.02. The van der Waals surface area contributed by atoms with Crippen molar-refractivity contribution >= 4 is 22.9 Å². The Labute approximate surface area is 158 Å². The molecule has 1 aromatic carbocycles. The highest BCUT2D eigenvalue weighted by molar-refractivity contribution is 6.36. The number of rotatable bonds is 4. The van der Waals surface area contributed by atoms with Gasteiger partial charge in [-0.15, -0.1) is 10.2 Å². The van der Waals surface area contributed by atoms with Gasteiger partial charge in [0.25, 0.3) is 0 Å². The quantitative estimate of drug-likeness (QED) is 0.670. The van der Waals surface area contributed by atoms with Gasteiger partial charge in [0.2, 0.25) is 0 Å².